The van der Waals surface area contributed by atoms with Crippen molar-refractivity contribution >= 4 is 39.1 Å². The molecule has 32 heavy (non-hydrogen) atoms. The van der Waals surface area contributed by atoms with Crippen molar-refractivity contribution in [1.82, 2.24) is 9.55 Å². The van der Waals surface area contributed by atoms with Crippen LogP contribution >= 0.6 is 23.1 Å². The minimum absolute atomic E-state index is 0.0273. The molecule has 0 amide bonds. The van der Waals surface area contributed by atoms with Crippen LogP contribution in [0.3, 0.4) is 0 Å². The number of hydrogen-bond donors (Lipinski definition) is 0. The fraction of sp³-hybridized carbons (Fsp3) is 0.269. The lowest BCUT2D eigenvalue weighted by atomic mass is 9.88. The molecule has 162 valence electrons. The number of carbonyl (C=O) groups excluding carboxylic acids is 1. The molecule has 1 aliphatic rings. The molecule has 0 spiro atoms. The highest BCUT2D eigenvalue weighted by molar-refractivity contribution is 7.99. The molecule has 1 atom stereocenters. The van der Waals surface area contributed by atoms with Gasteiger partial charge in [0.15, 0.2) is 10.9 Å². The highest BCUT2D eigenvalue weighted by Crippen LogP contribution is 2.41. The molecule has 6 heteroatoms. The van der Waals surface area contributed by atoms with Crippen LogP contribution in [0.4, 0.5) is 0 Å². The zero-order valence-electron chi connectivity index (χ0n) is 18.1. The first-order chi connectivity index (χ1) is 15.5. The predicted molar refractivity (Wildman–Crippen MR) is 133 cm³/mol. The van der Waals surface area contributed by atoms with Gasteiger partial charge in [0.25, 0.3) is 5.56 Å². The molecule has 4 aromatic rings. The molecular weight excluding hydrogens is 436 g/mol. The Balaban J connectivity index is 1.64. The zero-order chi connectivity index (χ0) is 22.2. The molecule has 0 unspecified atom stereocenters. The Bertz CT molecular complexity index is 1350. The van der Waals surface area contributed by atoms with Gasteiger partial charge in [-0.1, -0.05) is 66.7 Å². The normalized spacial score (nSPS) is 15.6. The molecule has 5 rings (SSSR count). The fourth-order valence-electron chi connectivity index (χ4n) is 4.37. The van der Waals surface area contributed by atoms with E-state index >= 15 is 0 Å². The van der Waals surface area contributed by atoms with E-state index in [1.807, 2.05) is 61.5 Å². The maximum atomic E-state index is 13.9. The molecule has 1 aliphatic carbocycles. The van der Waals surface area contributed by atoms with Gasteiger partial charge >= 0.3 is 0 Å². The number of benzene rings is 2. The Morgan fingerprint density at radius 3 is 2.66 bits per heavy atom. The summed E-state index contributed by atoms with van der Waals surface area (Å²) in [5.74, 6) is 0.626. The van der Waals surface area contributed by atoms with Gasteiger partial charge in [0, 0.05) is 10.4 Å². The highest BCUT2D eigenvalue weighted by Gasteiger charge is 2.27. The van der Waals surface area contributed by atoms with Crippen LogP contribution in [0.5, 0.6) is 0 Å². The smallest absolute Gasteiger partial charge is 0.267 e. The summed E-state index contributed by atoms with van der Waals surface area (Å²) in [6, 6.07) is 17.2. The van der Waals surface area contributed by atoms with Crippen LogP contribution in [-0.4, -0.2) is 21.1 Å². The second-order valence-electron chi connectivity index (χ2n) is 8.36. The molecule has 0 bridgehead atoms. The highest BCUT2D eigenvalue weighted by atomic mass is 32.2. The summed E-state index contributed by atoms with van der Waals surface area (Å²) in [5, 5.41) is 1.33. The van der Waals surface area contributed by atoms with E-state index in [1.165, 1.54) is 22.2 Å². The van der Waals surface area contributed by atoms with Crippen LogP contribution < -0.4 is 5.56 Å². The largest absolute Gasteiger partial charge is 0.293 e. The van der Waals surface area contributed by atoms with Crippen molar-refractivity contribution in [1.29, 1.82) is 0 Å². The molecule has 0 aliphatic heterocycles. The summed E-state index contributed by atoms with van der Waals surface area (Å²) >= 11 is 2.98. The standard InChI is InChI=1S/C26H24N2O2S2/c1-16-11-13-19(14-12-16)28-25(30)23-22-17(2)7-6-10-21(22)32-24(23)27-26(28)31-15-20(29)18-8-4-3-5-9-18/h3-5,8-9,11-14,17H,6-7,10,15H2,1-2H3/t17-/m0/s1. The predicted octanol–water partition coefficient (Wildman–Crippen LogP) is 6.17. The topological polar surface area (TPSA) is 52.0 Å². The van der Waals surface area contributed by atoms with Crippen molar-refractivity contribution in [2.75, 3.05) is 5.75 Å². The SMILES string of the molecule is Cc1ccc(-n2c(SCC(=O)c3ccccc3)nc3sc4c(c3c2=O)[C@@H](C)CCC4)cc1. The van der Waals surface area contributed by atoms with E-state index < -0.39 is 0 Å². The molecule has 2 heterocycles. The summed E-state index contributed by atoms with van der Waals surface area (Å²) in [4.78, 5) is 33.6. The lowest BCUT2D eigenvalue weighted by molar-refractivity contribution is 0.102. The lowest BCUT2D eigenvalue weighted by Crippen LogP contribution is -2.23. The van der Waals surface area contributed by atoms with Crippen molar-refractivity contribution in [2.45, 2.75) is 44.2 Å². The van der Waals surface area contributed by atoms with E-state index in [-0.39, 0.29) is 17.1 Å². The van der Waals surface area contributed by atoms with Crippen LogP contribution in [0, 0.1) is 6.92 Å². The maximum Gasteiger partial charge on any atom is 0.267 e. The third kappa shape index (κ3) is 3.82. The van der Waals surface area contributed by atoms with Gasteiger partial charge in [-0.2, -0.15) is 0 Å². The number of ketones is 1. The molecule has 0 radical (unpaired) electrons. The van der Waals surface area contributed by atoms with Gasteiger partial charge in [0.1, 0.15) is 4.83 Å². The van der Waals surface area contributed by atoms with Gasteiger partial charge in [0.05, 0.1) is 16.8 Å². The van der Waals surface area contributed by atoms with Crippen molar-refractivity contribution in [2.24, 2.45) is 0 Å². The Morgan fingerprint density at radius 2 is 1.91 bits per heavy atom. The summed E-state index contributed by atoms with van der Waals surface area (Å²) in [5.41, 5.74) is 3.75. The third-order valence-corrected chi connectivity index (χ3v) is 8.16. The first kappa shape index (κ1) is 21.2. The van der Waals surface area contributed by atoms with E-state index in [1.54, 1.807) is 15.9 Å². The number of hydrogen-bond acceptors (Lipinski definition) is 5. The van der Waals surface area contributed by atoms with E-state index in [9.17, 15) is 9.59 Å². The van der Waals surface area contributed by atoms with Crippen molar-refractivity contribution in [3.05, 3.63) is 86.5 Å². The summed E-state index contributed by atoms with van der Waals surface area (Å²) in [6.45, 7) is 4.24. The monoisotopic (exact) mass is 460 g/mol. The number of thiophene rings is 1. The molecular formula is C26H24N2O2S2. The first-order valence-electron chi connectivity index (χ1n) is 10.9. The summed E-state index contributed by atoms with van der Waals surface area (Å²) < 4.78 is 1.69. The third-order valence-electron chi connectivity index (χ3n) is 6.06. The summed E-state index contributed by atoms with van der Waals surface area (Å²) in [6.07, 6.45) is 3.27. The van der Waals surface area contributed by atoms with Crippen LogP contribution in [-0.2, 0) is 6.42 Å². The molecule has 4 nitrogen and oxygen atoms in total. The van der Waals surface area contributed by atoms with E-state index in [0.29, 0.717) is 16.6 Å². The van der Waals surface area contributed by atoms with E-state index in [2.05, 4.69) is 6.92 Å². The number of thioether (sulfide) groups is 1. The maximum absolute atomic E-state index is 13.9. The number of aromatic nitrogens is 2. The second-order valence-corrected chi connectivity index (χ2v) is 10.4. The van der Waals surface area contributed by atoms with Crippen molar-refractivity contribution in [3.63, 3.8) is 0 Å². The molecule has 0 N–H and O–H groups in total. The number of aryl methyl sites for hydroxylation is 2. The number of fused-ring (bicyclic) bond motifs is 3. The van der Waals surface area contributed by atoms with Gasteiger partial charge < -0.3 is 0 Å². The van der Waals surface area contributed by atoms with Gasteiger partial charge in [0.2, 0.25) is 0 Å². The first-order valence-corrected chi connectivity index (χ1v) is 12.7. The van der Waals surface area contributed by atoms with Crippen LogP contribution in [0.1, 0.15) is 52.0 Å². The Morgan fingerprint density at radius 1 is 1.16 bits per heavy atom. The lowest BCUT2D eigenvalue weighted by Gasteiger charge is -2.19. The number of nitrogens with zero attached hydrogens (tertiary/aromatic N) is 2. The zero-order valence-corrected chi connectivity index (χ0v) is 19.8. The van der Waals surface area contributed by atoms with Crippen molar-refractivity contribution in [3.8, 4) is 5.69 Å². The quantitative estimate of drug-likeness (QED) is 0.203. The van der Waals surface area contributed by atoms with Crippen LogP contribution in [0.2, 0.25) is 0 Å². The van der Waals surface area contributed by atoms with E-state index in [0.717, 1.165) is 40.7 Å². The summed E-state index contributed by atoms with van der Waals surface area (Å²) in [7, 11) is 0. The molecule has 0 saturated heterocycles. The Hall–Kier alpha value is -2.70. The minimum atomic E-state index is -0.0280. The van der Waals surface area contributed by atoms with Crippen LogP contribution in [0.25, 0.3) is 15.9 Å². The number of carbonyl (C=O) groups is 1. The number of rotatable bonds is 5. The molecule has 2 aromatic carbocycles. The van der Waals surface area contributed by atoms with Gasteiger partial charge in [-0.15, -0.1) is 11.3 Å². The average molecular weight is 461 g/mol. The van der Waals surface area contributed by atoms with Crippen molar-refractivity contribution < 1.29 is 4.79 Å². The Labute approximate surface area is 195 Å². The average Bonchev–Trinajstić information content (AvgIpc) is 3.19. The van der Waals surface area contributed by atoms with Gasteiger partial charge in [-0.3, -0.25) is 14.2 Å². The molecule has 2 aromatic heterocycles. The van der Waals surface area contributed by atoms with E-state index in [4.69, 9.17) is 4.98 Å². The second kappa shape index (κ2) is 8.68. The number of Topliss-reactive ketones (excluding diaryl/α,β-unsaturated/α-hetero) is 1. The molecule has 0 fully saturated rings. The van der Waals surface area contributed by atoms with Crippen LogP contribution in [0.15, 0.2) is 64.5 Å². The van der Waals surface area contributed by atoms with Gasteiger partial charge in [-0.25, -0.2) is 4.98 Å². The molecule has 0 saturated carbocycles. The van der Waals surface area contributed by atoms with Gasteiger partial charge in [-0.05, 0) is 49.8 Å². The Kier molecular flexibility index (Phi) is 5.74. The fourth-order valence-corrected chi connectivity index (χ4v) is 6.66. The minimum Gasteiger partial charge on any atom is -0.293 e.